The van der Waals surface area contributed by atoms with Crippen molar-refractivity contribution in [1.29, 1.82) is 0 Å². The van der Waals surface area contributed by atoms with E-state index in [0.29, 0.717) is 0 Å². The molecule has 31 heavy (non-hydrogen) atoms. The highest BCUT2D eigenvalue weighted by molar-refractivity contribution is 7.79. The Kier molecular flexibility index (Phi) is 7.12. The Balaban J connectivity index is 2.31. The van der Waals surface area contributed by atoms with E-state index in [1.807, 2.05) is 0 Å². The fraction of sp³-hybridized carbons (Fsp3) is 0.357. The Morgan fingerprint density at radius 3 is 1.10 bits per heavy atom. The second-order valence-electron chi connectivity index (χ2n) is 8.47. The highest BCUT2D eigenvalue weighted by atomic mass is 31.1. The summed E-state index contributed by atoms with van der Waals surface area (Å²) < 4.78 is 11.3. The van der Waals surface area contributed by atoms with Gasteiger partial charge in [0.25, 0.3) is 0 Å². The molecule has 0 radical (unpaired) electrons. The van der Waals surface area contributed by atoms with Gasteiger partial charge in [-0.15, -0.1) is 0 Å². The van der Waals surface area contributed by atoms with E-state index in [2.05, 4.69) is 84.9 Å². The molecule has 0 saturated carbocycles. The molecule has 0 atom stereocenters. The molecule has 0 unspecified atom stereocenters. The number of benzene rings is 3. The monoisotopic (exact) mass is 434 g/mol. The van der Waals surface area contributed by atoms with Crippen molar-refractivity contribution in [2.24, 2.45) is 0 Å². The molecule has 0 aliphatic rings. The average Bonchev–Trinajstić information content (AvgIpc) is 2.67. The van der Waals surface area contributed by atoms with E-state index in [4.69, 9.17) is 9.47 Å². The van der Waals surface area contributed by atoms with E-state index < -0.39 is 7.92 Å². The Bertz CT molecular complexity index is 904. The summed E-state index contributed by atoms with van der Waals surface area (Å²) in [7, 11) is 2.80. The minimum atomic E-state index is -0.707. The Morgan fingerprint density at radius 2 is 0.839 bits per heavy atom. The molecule has 0 N–H and O–H groups in total. The summed E-state index contributed by atoms with van der Waals surface area (Å²) in [5.74, 6) is 1.96. The highest BCUT2D eigenvalue weighted by Gasteiger charge is 2.22. The van der Waals surface area contributed by atoms with Crippen LogP contribution in [0.15, 0.2) is 36.4 Å². The zero-order valence-corrected chi connectivity index (χ0v) is 21.3. The first-order chi connectivity index (χ1) is 14.7. The molecular weight excluding hydrogens is 399 g/mol. The first kappa shape index (κ1) is 23.4. The van der Waals surface area contributed by atoms with Crippen molar-refractivity contribution in [3.8, 4) is 11.5 Å². The molecule has 0 saturated heterocycles. The molecule has 0 aliphatic carbocycles. The Hall–Kier alpha value is -2.31. The molecule has 0 aliphatic heterocycles. The molecule has 0 spiro atoms. The number of hydrogen-bond acceptors (Lipinski definition) is 2. The van der Waals surface area contributed by atoms with Gasteiger partial charge >= 0.3 is 0 Å². The van der Waals surface area contributed by atoms with Gasteiger partial charge in [0.15, 0.2) is 0 Å². The van der Waals surface area contributed by atoms with Crippen molar-refractivity contribution in [3.63, 3.8) is 0 Å². The van der Waals surface area contributed by atoms with Crippen molar-refractivity contribution in [1.82, 2.24) is 0 Å². The van der Waals surface area contributed by atoms with Gasteiger partial charge in [0.2, 0.25) is 0 Å². The van der Waals surface area contributed by atoms with Gasteiger partial charge in [-0.25, -0.2) is 0 Å². The minimum absolute atomic E-state index is 0.707. The Morgan fingerprint density at radius 1 is 0.548 bits per heavy atom. The average molecular weight is 435 g/mol. The number of rotatable bonds is 6. The topological polar surface area (TPSA) is 18.5 Å². The molecule has 0 heterocycles. The number of hydrogen-bond donors (Lipinski definition) is 0. The molecule has 0 amide bonds. The van der Waals surface area contributed by atoms with Gasteiger partial charge in [-0.1, -0.05) is 19.1 Å². The second kappa shape index (κ2) is 9.45. The second-order valence-corrected chi connectivity index (χ2v) is 10.7. The van der Waals surface area contributed by atoms with Crippen molar-refractivity contribution < 1.29 is 9.47 Å². The fourth-order valence-corrected chi connectivity index (χ4v) is 7.69. The summed E-state index contributed by atoms with van der Waals surface area (Å²) >= 11 is 0. The van der Waals surface area contributed by atoms with E-state index in [0.717, 1.165) is 17.9 Å². The molecular formula is C28H35O2P. The standard InChI is InChI=1S/C28H35O2P/c1-10-26-17(2)11-23(12-18(26)3)31(24-13-19(4)27(29-8)20(5)14-24)25-15-21(6)28(30-9)22(7)16-25/h11-16H,10H2,1-9H3. The molecule has 0 aromatic heterocycles. The van der Waals surface area contributed by atoms with E-state index >= 15 is 0 Å². The third-order valence-corrected chi connectivity index (χ3v) is 8.43. The van der Waals surface area contributed by atoms with E-state index in [1.54, 1.807) is 14.2 Å². The number of methoxy groups -OCH3 is 2. The van der Waals surface area contributed by atoms with E-state index in [-0.39, 0.29) is 0 Å². The molecule has 164 valence electrons. The maximum absolute atomic E-state index is 5.65. The van der Waals surface area contributed by atoms with Gasteiger partial charge in [0.05, 0.1) is 14.2 Å². The maximum Gasteiger partial charge on any atom is 0.124 e. The van der Waals surface area contributed by atoms with Crippen molar-refractivity contribution >= 4 is 23.8 Å². The zero-order chi connectivity index (χ0) is 22.9. The van der Waals surface area contributed by atoms with Crippen LogP contribution < -0.4 is 25.4 Å². The van der Waals surface area contributed by atoms with Crippen molar-refractivity contribution in [2.45, 2.75) is 54.9 Å². The predicted octanol–water partition coefficient (Wildman–Crippen LogP) is 5.87. The Labute approximate surface area is 189 Å². The zero-order valence-electron chi connectivity index (χ0n) is 20.4. The van der Waals surface area contributed by atoms with Crippen LogP contribution in [0.3, 0.4) is 0 Å². The van der Waals surface area contributed by atoms with Crippen LogP contribution in [0.2, 0.25) is 0 Å². The van der Waals surface area contributed by atoms with Crippen LogP contribution in [0.4, 0.5) is 0 Å². The van der Waals surface area contributed by atoms with E-state index in [9.17, 15) is 0 Å². The number of aryl methyl sites for hydroxylation is 6. The van der Waals surface area contributed by atoms with Gasteiger partial charge in [-0.2, -0.15) is 0 Å². The third-order valence-electron chi connectivity index (χ3n) is 6.11. The lowest BCUT2D eigenvalue weighted by Gasteiger charge is -2.25. The molecule has 0 bridgehead atoms. The van der Waals surface area contributed by atoms with Gasteiger partial charge in [-0.05, 0) is 135 Å². The smallest absolute Gasteiger partial charge is 0.124 e. The van der Waals surface area contributed by atoms with Gasteiger partial charge in [-0.3, -0.25) is 0 Å². The van der Waals surface area contributed by atoms with Crippen LogP contribution in [-0.4, -0.2) is 14.2 Å². The minimum Gasteiger partial charge on any atom is -0.496 e. The normalized spacial score (nSPS) is 11.2. The molecule has 3 aromatic carbocycles. The SMILES string of the molecule is CCc1c(C)cc(P(c2cc(C)c(OC)c(C)c2)c2cc(C)c(OC)c(C)c2)cc1C. The van der Waals surface area contributed by atoms with Crippen LogP contribution in [0.5, 0.6) is 11.5 Å². The summed E-state index contributed by atoms with van der Waals surface area (Å²) in [6.07, 6.45) is 1.07. The van der Waals surface area contributed by atoms with Crippen molar-refractivity contribution in [2.75, 3.05) is 14.2 Å². The van der Waals surface area contributed by atoms with Crippen LogP contribution in [0.1, 0.15) is 45.9 Å². The van der Waals surface area contributed by atoms with Crippen LogP contribution in [-0.2, 0) is 6.42 Å². The first-order valence-corrected chi connectivity index (χ1v) is 12.3. The molecule has 0 fully saturated rings. The van der Waals surface area contributed by atoms with Crippen LogP contribution >= 0.6 is 7.92 Å². The molecule has 2 nitrogen and oxygen atoms in total. The molecule has 3 rings (SSSR count). The van der Waals surface area contributed by atoms with Crippen LogP contribution in [0.25, 0.3) is 0 Å². The summed E-state index contributed by atoms with van der Waals surface area (Å²) in [4.78, 5) is 0. The summed E-state index contributed by atoms with van der Waals surface area (Å²) in [6.45, 7) is 15.3. The van der Waals surface area contributed by atoms with Gasteiger partial charge < -0.3 is 9.47 Å². The fourth-order valence-electron chi connectivity index (χ4n) is 4.86. The van der Waals surface area contributed by atoms with Crippen LogP contribution in [0, 0.1) is 41.5 Å². The lowest BCUT2D eigenvalue weighted by atomic mass is 10.0. The quantitative estimate of drug-likeness (QED) is 0.452. The third kappa shape index (κ3) is 4.51. The van der Waals surface area contributed by atoms with Gasteiger partial charge in [0.1, 0.15) is 11.5 Å². The first-order valence-electron chi connectivity index (χ1n) is 10.9. The summed E-state index contributed by atoms with van der Waals surface area (Å²) in [5, 5.41) is 4.12. The largest absolute Gasteiger partial charge is 0.496 e. The highest BCUT2D eigenvalue weighted by Crippen LogP contribution is 2.38. The summed E-state index contributed by atoms with van der Waals surface area (Å²) in [6, 6.07) is 14.0. The molecule has 3 aromatic rings. The van der Waals surface area contributed by atoms with E-state index in [1.165, 1.54) is 54.9 Å². The summed E-state index contributed by atoms with van der Waals surface area (Å²) in [5.41, 5.74) is 8.97. The number of ether oxygens (including phenoxy) is 2. The maximum atomic E-state index is 5.65. The molecule has 3 heteroatoms. The van der Waals surface area contributed by atoms with Crippen molar-refractivity contribution in [3.05, 3.63) is 75.3 Å². The lowest BCUT2D eigenvalue weighted by molar-refractivity contribution is 0.408. The predicted molar refractivity (Wildman–Crippen MR) is 136 cm³/mol. The lowest BCUT2D eigenvalue weighted by Crippen LogP contribution is -2.23. The van der Waals surface area contributed by atoms with Gasteiger partial charge in [0, 0.05) is 0 Å².